The highest BCUT2D eigenvalue weighted by Crippen LogP contribution is 2.18. The van der Waals surface area contributed by atoms with Crippen molar-refractivity contribution in [1.82, 2.24) is 0 Å². The zero-order chi connectivity index (χ0) is 35.5. The summed E-state index contributed by atoms with van der Waals surface area (Å²) in [6.45, 7) is 23.7. The summed E-state index contributed by atoms with van der Waals surface area (Å²) in [6.07, 6.45) is 35.8. The molecule has 0 spiro atoms. The Bertz CT molecular complexity index is 1130. The van der Waals surface area contributed by atoms with Gasteiger partial charge in [0.05, 0.1) is 12.7 Å². The molecule has 0 aliphatic rings. The van der Waals surface area contributed by atoms with E-state index in [2.05, 4.69) is 105 Å². The topological polar surface area (TPSA) is 40.5 Å². The smallest absolute Gasteiger partial charge is 0.0747 e. The summed E-state index contributed by atoms with van der Waals surface area (Å²) < 4.78 is 0. The van der Waals surface area contributed by atoms with Gasteiger partial charge in [-0.05, 0) is 165 Å². The SMILES string of the molecule is C=C(C)C(O)CCC(C)=CCCC(C)=CCCC(C)=CCCC(C)=CCCC(C)=CCCC(C)=CCCC(C)=CCCC(C)=CCO. The maximum atomic E-state index is 9.91. The van der Waals surface area contributed by atoms with E-state index < -0.39 is 0 Å². The average Bonchev–Trinajstić information content (AvgIpc) is 3.00. The molecule has 0 rings (SSSR count). The van der Waals surface area contributed by atoms with Gasteiger partial charge in [-0.15, -0.1) is 0 Å². The first kappa shape index (κ1) is 44.6. The Hall–Kier alpha value is -2.42. The van der Waals surface area contributed by atoms with Gasteiger partial charge in [0.1, 0.15) is 0 Å². The molecule has 0 saturated carbocycles. The van der Waals surface area contributed by atoms with E-state index in [9.17, 15) is 5.11 Å². The molecular weight excluding hydrogens is 572 g/mol. The van der Waals surface area contributed by atoms with Crippen molar-refractivity contribution in [3.63, 3.8) is 0 Å². The average molecular weight is 647 g/mol. The summed E-state index contributed by atoms with van der Waals surface area (Å²) in [5.41, 5.74) is 12.5. The second-order valence-electron chi connectivity index (χ2n) is 14.3. The summed E-state index contributed by atoms with van der Waals surface area (Å²) >= 11 is 0. The molecule has 0 fully saturated rings. The highest BCUT2D eigenvalue weighted by atomic mass is 16.3. The highest BCUT2D eigenvalue weighted by Gasteiger charge is 2.04. The van der Waals surface area contributed by atoms with Crippen molar-refractivity contribution in [3.8, 4) is 0 Å². The van der Waals surface area contributed by atoms with Crippen LogP contribution in [0.15, 0.2) is 105 Å². The van der Waals surface area contributed by atoms with Crippen LogP contribution < -0.4 is 0 Å². The Morgan fingerprint density at radius 1 is 0.404 bits per heavy atom. The molecule has 0 amide bonds. The lowest BCUT2D eigenvalue weighted by Gasteiger charge is -2.10. The predicted octanol–water partition coefficient (Wildman–Crippen LogP) is 13.7. The van der Waals surface area contributed by atoms with Crippen LogP contribution in [0.25, 0.3) is 0 Å². The first-order valence-corrected chi connectivity index (χ1v) is 18.5. The molecular formula is C45H74O2. The normalized spacial score (nSPS) is 15.5. The molecule has 0 radical (unpaired) electrons. The number of hydrogen-bond donors (Lipinski definition) is 2. The van der Waals surface area contributed by atoms with E-state index in [-0.39, 0.29) is 12.7 Å². The van der Waals surface area contributed by atoms with E-state index in [1.807, 2.05) is 13.0 Å². The van der Waals surface area contributed by atoms with Crippen molar-refractivity contribution in [2.75, 3.05) is 6.61 Å². The molecule has 2 nitrogen and oxygen atoms in total. The minimum atomic E-state index is -0.377. The third kappa shape index (κ3) is 28.3. The third-order valence-electron chi connectivity index (χ3n) is 9.04. The van der Waals surface area contributed by atoms with Crippen LogP contribution in [0.5, 0.6) is 0 Å². The summed E-state index contributed by atoms with van der Waals surface area (Å²) in [7, 11) is 0. The van der Waals surface area contributed by atoms with Gasteiger partial charge in [-0.25, -0.2) is 0 Å². The van der Waals surface area contributed by atoms with E-state index in [1.54, 1.807) is 0 Å². The van der Waals surface area contributed by atoms with Gasteiger partial charge < -0.3 is 10.2 Å². The molecule has 0 heterocycles. The third-order valence-corrected chi connectivity index (χ3v) is 9.04. The number of rotatable bonds is 26. The van der Waals surface area contributed by atoms with Gasteiger partial charge in [0.15, 0.2) is 0 Å². The predicted molar refractivity (Wildman–Crippen MR) is 212 cm³/mol. The maximum Gasteiger partial charge on any atom is 0.0747 e. The van der Waals surface area contributed by atoms with Gasteiger partial charge in [-0.1, -0.05) is 105 Å². The summed E-state index contributed by atoms with van der Waals surface area (Å²) in [6, 6.07) is 0. The van der Waals surface area contributed by atoms with Crippen LogP contribution in [-0.2, 0) is 0 Å². The quantitative estimate of drug-likeness (QED) is 0.0918. The number of aliphatic hydroxyl groups excluding tert-OH is 2. The fourth-order valence-electron chi connectivity index (χ4n) is 5.41. The van der Waals surface area contributed by atoms with Crippen molar-refractivity contribution < 1.29 is 10.2 Å². The molecule has 0 aromatic carbocycles. The minimum absolute atomic E-state index is 0.147. The lowest BCUT2D eigenvalue weighted by Crippen LogP contribution is -2.06. The van der Waals surface area contributed by atoms with Crippen LogP contribution in [-0.4, -0.2) is 22.9 Å². The molecule has 1 atom stereocenters. The first-order valence-electron chi connectivity index (χ1n) is 18.5. The summed E-state index contributed by atoms with van der Waals surface area (Å²) in [5.74, 6) is 0. The van der Waals surface area contributed by atoms with E-state index in [4.69, 9.17) is 5.11 Å². The van der Waals surface area contributed by atoms with E-state index in [0.717, 1.165) is 108 Å². The Balaban J connectivity index is 4.23. The molecule has 1 unspecified atom stereocenters. The van der Waals surface area contributed by atoms with Crippen LogP contribution in [0.1, 0.15) is 165 Å². The second-order valence-corrected chi connectivity index (χ2v) is 14.3. The largest absolute Gasteiger partial charge is 0.392 e. The first-order chi connectivity index (χ1) is 22.3. The lowest BCUT2D eigenvalue weighted by atomic mass is 10.0. The maximum absolute atomic E-state index is 9.91. The molecule has 0 aliphatic heterocycles. The van der Waals surface area contributed by atoms with E-state index >= 15 is 0 Å². The van der Waals surface area contributed by atoms with Crippen molar-refractivity contribution in [3.05, 3.63) is 105 Å². The van der Waals surface area contributed by atoms with Gasteiger partial charge in [0.2, 0.25) is 0 Å². The molecule has 2 N–H and O–H groups in total. The zero-order valence-electron chi connectivity index (χ0n) is 32.3. The fourth-order valence-corrected chi connectivity index (χ4v) is 5.41. The van der Waals surface area contributed by atoms with Gasteiger partial charge in [-0.2, -0.15) is 0 Å². The number of aliphatic hydroxyl groups is 2. The number of allylic oxidation sites excluding steroid dienone is 15. The van der Waals surface area contributed by atoms with Crippen molar-refractivity contribution in [2.45, 2.75) is 171 Å². The van der Waals surface area contributed by atoms with Crippen LogP contribution in [0.4, 0.5) is 0 Å². The fraction of sp³-hybridized carbons (Fsp3) is 0.600. The molecule has 0 aromatic rings. The van der Waals surface area contributed by atoms with Gasteiger partial charge in [0.25, 0.3) is 0 Å². The molecule has 266 valence electrons. The molecule has 0 bridgehead atoms. The van der Waals surface area contributed by atoms with Crippen LogP contribution in [0.2, 0.25) is 0 Å². The van der Waals surface area contributed by atoms with Gasteiger partial charge in [-0.3, -0.25) is 0 Å². The Morgan fingerprint density at radius 3 is 0.830 bits per heavy atom. The van der Waals surface area contributed by atoms with E-state index in [1.165, 1.54) is 44.6 Å². The molecule has 0 aromatic heterocycles. The molecule has 2 heteroatoms. The number of hydrogen-bond acceptors (Lipinski definition) is 2. The van der Waals surface area contributed by atoms with Crippen molar-refractivity contribution >= 4 is 0 Å². The Labute approximate surface area is 292 Å². The summed E-state index contributed by atoms with van der Waals surface area (Å²) in [4.78, 5) is 0. The van der Waals surface area contributed by atoms with Crippen LogP contribution in [0.3, 0.4) is 0 Å². The van der Waals surface area contributed by atoms with Gasteiger partial charge in [0, 0.05) is 0 Å². The highest BCUT2D eigenvalue weighted by molar-refractivity contribution is 5.10. The minimum Gasteiger partial charge on any atom is -0.392 e. The summed E-state index contributed by atoms with van der Waals surface area (Å²) in [5, 5.41) is 18.9. The molecule has 47 heavy (non-hydrogen) atoms. The van der Waals surface area contributed by atoms with Crippen LogP contribution >= 0.6 is 0 Å². The molecule has 0 saturated heterocycles. The lowest BCUT2D eigenvalue weighted by molar-refractivity contribution is 0.201. The second kappa shape index (κ2) is 28.6. The molecule has 0 aliphatic carbocycles. The Morgan fingerprint density at radius 2 is 0.617 bits per heavy atom. The standard InChI is InChI=1S/C45H74O2/c1-36(2)45(47)33-32-43(9)30-16-28-41(7)26-14-24-39(5)22-12-20-37(3)18-11-19-38(4)21-13-23-40(6)25-15-27-42(8)29-17-31-44(10)34-35-46/h18,21-22,25-26,29-30,34,45-47H,1,11-17,19-20,23-24,27-28,31-33,35H2,2-10H3. The van der Waals surface area contributed by atoms with Crippen molar-refractivity contribution in [2.24, 2.45) is 0 Å². The van der Waals surface area contributed by atoms with E-state index in [0.29, 0.717) is 0 Å². The Kier molecular flexibility index (Phi) is 27.1. The zero-order valence-corrected chi connectivity index (χ0v) is 32.3. The van der Waals surface area contributed by atoms with Crippen molar-refractivity contribution in [1.29, 1.82) is 0 Å². The monoisotopic (exact) mass is 647 g/mol. The van der Waals surface area contributed by atoms with Gasteiger partial charge >= 0.3 is 0 Å². The van der Waals surface area contributed by atoms with Crippen LogP contribution in [0, 0.1) is 0 Å².